The van der Waals surface area contributed by atoms with E-state index in [9.17, 15) is 17.6 Å². The molecule has 0 aliphatic rings. The van der Waals surface area contributed by atoms with E-state index in [-0.39, 0.29) is 43.5 Å². The van der Waals surface area contributed by atoms with Crippen molar-refractivity contribution in [3.63, 3.8) is 0 Å². The molecule has 1 aromatic heterocycles. The molecule has 2 aromatic carbocycles. The van der Waals surface area contributed by atoms with Gasteiger partial charge in [-0.1, -0.05) is 29.8 Å². The number of methoxy groups -OCH3 is 1. The summed E-state index contributed by atoms with van der Waals surface area (Å²) in [6.07, 6.45) is 0. The number of halogens is 1. The molecule has 3 aromatic rings. The van der Waals surface area contributed by atoms with Crippen molar-refractivity contribution in [3.8, 4) is 0 Å². The van der Waals surface area contributed by atoms with Crippen LogP contribution in [-0.2, 0) is 32.6 Å². The summed E-state index contributed by atoms with van der Waals surface area (Å²) in [6, 6.07) is 15.9. The third-order valence-electron chi connectivity index (χ3n) is 5.30. The lowest BCUT2D eigenvalue weighted by Gasteiger charge is -2.27. The van der Waals surface area contributed by atoms with E-state index in [2.05, 4.69) is 0 Å². The zero-order chi connectivity index (χ0) is 24.7. The van der Waals surface area contributed by atoms with Gasteiger partial charge in [-0.3, -0.25) is 4.79 Å². The van der Waals surface area contributed by atoms with E-state index in [0.717, 1.165) is 9.87 Å². The van der Waals surface area contributed by atoms with Gasteiger partial charge in [-0.15, -0.1) is 0 Å². The summed E-state index contributed by atoms with van der Waals surface area (Å²) in [4.78, 5) is 15.0. The van der Waals surface area contributed by atoms with Gasteiger partial charge in [-0.25, -0.2) is 12.8 Å². The number of furan rings is 1. The molecule has 1 amide bonds. The van der Waals surface area contributed by atoms with E-state index in [1.807, 2.05) is 6.92 Å². The molecule has 0 N–H and O–H groups in total. The summed E-state index contributed by atoms with van der Waals surface area (Å²) in [5.41, 5.74) is 1.64. The van der Waals surface area contributed by atoms with Gasteiger partial charge >= 0.3 is 0 Å². The monoisotopic (exact) mass is 488 g/mol. The van der Waals surface area contributed by atoms with Crippen LogP contribution in [0.25, 0.3) is 0 Å². The third kappa shape index (κ3) is 6.75. The van der Waals surface area contributed by atoms with Crippen molar-refractivity contribution in [2.75, 3.05) is 26.8 Å². The number of aryl methyl sites for hydroxylation is 2. The maximum Gasteiger partial charge on any atom is 0.243 e. The SMILES string of the molecule is COCCN(CC(=O)N(Cc1ccc(F)cc1)Cc1ccc(C)o1)S(=O)(=O)c1ccc(C)cc1. The van der Waals surface area contributed by atoms with E-state index < -0.39 is 15.9 Å². The second kappa shape index (κ2) is 11.4. The Kier molecular flexibility index (Phi) is 8.60. The molecular weight excluding hydrogens is 459 g/mol. The van der Waals surface area contributed by atoms with Gasteiger partial charge in [0, 0.05) is 20.2 Å². The van der Waals surface area contributed by atoms with E-state index >= 15 is 0 Å². The molecule has 0 spiro atoms. The number of carbonyl (C=O) groups excluding carboxylic acids is 1. The first kappa shape index (κ1) is 25.6. The van der Waals surface area contributed by atoms with Crippen molar-refractivity contribution in [1.82, 2.24) is 9.21 Å². The Hall–Kier alpha value is -3.01. The van der Waals surface area contributed by atoms with Crippen LogP contribution < -0.4 is 0 Å². The quantitative estimate of drug-likeness (QED) is 0.409. The Morgan fingerprint density at radius 2 is 1.65 bits per heavy atom. The third-order valence-corrected chi connectivity index (χ3v) is 7.16. The van der Waals surface area contributed by atoms with Crippen LogP contribution in [0.4, 0.5) is 4.39 Å². The van der Waals surface area contributed by atoms with Crippen molar-refractivity contribution < 1.29 is 26.8 Å². The van der Waals surface area contributed by atoms with Crippen LogP contribution in [0.2, 0.25) is 0 Å². The first-order valence-corrected chi connectivity index (χ1v) is 12.3. The maximum absolute atomic E-state index is 13.4. The van der Waals surface area contributed by atoms with Crippen molar-refractivity contribution in [1.29, 1.82) is 0 Å². The molecule has 0 aliphatic carbocycles. The van der Waals surface area contributed by atoms with E-state index in [0.29, 0.717) is 17.1 Å². The number of nitrogens with zero attached hydrogens (tertiary/aromatic N) is 2. The fourth-order valence-electron chi connectivity index (χ4n) is 3.39. The predicted octanol–water partition coefficient (Wildman–Crippen LogP) is 3.90. The Morgan fingerprint density at radius 3 is 2.24 bits per heavy atom. The minimum Gasteiger partial charge on any atom is -0.464 e. The Labute approximate surface area is 199 Å². The van der Waals surface area contributed by atoms with Crippen LogP contribution in [0.1, 0.15) is 22.6 Å². The van der Waals surface area contributed by atoms with Gasteiger partial charge in [0.1, 0.15) is 17.3 Å². The topological polar surface area (TPSA) is 80.1 Å². The molecule has 0 fully saturated rings. The van der Waals surface area contributed by atoms with Crippen LogP contribution in [0.5, 0.6) is 0 Å². The van der Waals surface area contributed by atoms with Crippen LogP contribution >= 0.6 is 0 Å². The fourth-order valence-corrected chi connectivity index (χ4v) is 4.76. The summed E-state index contributed by atoms with van der Waals surface area (Å²) < 4.78 is 51.8. The molecule has 1 heterocycles. The largest absolute Gasteiger partial charge is 0.464 e. The number of carbonyl (C=O) groups is 1. The molecule has 0 radical (unpaired) electrons. The molecule has 3 rings (SSSR count). The van der Waals surface area contributed by atoms with Crippen molar-refractivity contribution in [3.05, 3.63) is 89.1 Å². The molecule has 0 atom stereocenters. The van der Waals surface area contributed by atoms with Gasteiger partial charge in [0.05, 0.1) is 24.6 Å². The number of hydrogen-bond donors (Lipinski definition) is 0. The summed E-state index contributed by atoms with van der Waals surface area (Å²) >= 11 is 0. The molecule has 0 saturated heterocycles. The lowest BCUT2D eigenvalue weighted by molar-refractivity contribution is -0.133. The van der Waals surface area contributed by atoms with E-state index in [4.69, 9.17) is 9.15 Å². The fraction of sp³-hybridized carbons (Fsp3) is 0.320. The number of sulfonamides is 1. The zero-order valence-electron chi connectivity index (χ0n) is 19.5. The minimum absolute atomic E-state index is 0.0166. The van der Waals surface area contributed by atoms with Gasteiger partial charge < -0.3 is 14.1 Å². The normalized spacial score (nSPS) is 11.7. The lowest BCUT2D eigenvalue weighted by atomic mass is 10.2. The summed E-state index contributed by atoms with van der Waals surface area (Å²) in [5.74, 6) is 0.481. The molecule has 0 bridgehead atoms. The van der Waals surface area contributed by atoms with Gasteiger partial charge in [0.15, 0.2) is 0 Å². The molecular formula is C25H29FN2O5S. The number of rotatable bonds is 11. The molecule has 0 saturated carbocycles. The Morgan fingerprint density at radius 1 is 0.971 bits per heavy atom. The second-order valence-electron chi connectivity index (χ2n) is 8.03. The molecule has 7 nitrogen and oxygen atoms in total. The molecule has 0 aliphatic heterocycles. The van der Waals surface area contributed by atoms with E-state index in [1.54, 1.807) is 43.3 Å². The highest BCUT2D eigenvalue weighted by Gasteiger charge is 2.29. The maximum atomic E-state index is 13.4. The average molecular weight is 489 g/mol. The average Bonchev–Trinajstić information content (AvgIpc) is 3.22. The lowest BCUT2D eigenvalue weighted by Crippen LogP contribution is -2.43. The van der Waals surface area contributed by atoms with E-state index in [1.165, 1.54) is 36.3 Å². The van der Waals surface area contributed by atoms with Crippen LogP contribution in [0.15, 0.2) is 70.0 Å². The van der Waals surface area contributed by atoms with Crippen LogP contribution in [0, 0.1) is 19.7 Å². The summed E-state index contributed by atoms with van der Waals surface area (Å²) in [6.45, 7) is 3.76. The molecule has 182 valence electrons. The van der Waals surface area contributed by atoms with Gasteiger partial charge in [-0.2, -0.15) is 4.31 Å². The minimum atomic E-state index is -3.93. The molecule has 0 unspecified atom stereocenters. The second-order valence-corrected chi connectivity index (χ2v) is 9.97. The van der Waals surface area contributed by atoms with Crippen LogP contribution in [-0.4, -0.2) is 50.3 Å². The number of ether oxygens (including phenoxy) is 1. The highest BCUT2D eigenvalue weighted by molar-refractivity contribution is 7.89. The van der Waals surface area contributed by atoms with Gasteiger partial charge in [0.25, 0.3) is 0 Å². The van der Waals surface area contributed by atoms with Crippen molar-refractivity contribution >= 4 is 15.9 Å². The molecule has 34 heavy (non-hydrogen) atoms. The number of amides is 1. The van der Waals surface area contributed by atoms with Gasteiger partial charge in [0.2, 0.25) is 15.9 Å². The van der Waals surface area contributed by atoms with Crippen molar-refractivity contribution in [2.45, 2.75) is 31.8 Å². The highest BCUT2D eigenvalue weighted by atomic mass is 32.2. The smallest absolute Gasteiger partial charge is 0.243 e. The number of hydrogen-bond acceptors (Lipinski definition) is 5. The first-order valence-electron chi connectivity index (χ1n) is 10.8. The predicted molar refractivity (Wildman–Crippen MR) is 126 cm³/mol. The Bertz CT molecular complexity index is 1190. The number of benzene rings is 2. The zero-order valence-corrected chi connectivity index (χ0v) is 20.3. The standard InChI is InChI=1S/C25H29FN2O5S/c1-19-4-12-24(13-5-19)34(30,31)28(14-15-32-3)18-25(29)27(17-23-11-6-20(2)33-23)16-21-7-9-22(26)10-8-21/h4-13H,14-18H2,1-3H3. The Balaban J connectivity index is 1.86. The highest BCUT2D eigenvalue weighted by Crippen LogP contribution is 2.19. The summed E-state index contributed by atoms with van der Waals surface area (Å²) in [7, 11) is -2.46. The van der Waals surface area contributed by atoms with Crippen molar-refractivity contribution in [2.24, 2.45) is 0 Å². The first-order chi connectivity index (χ1) is 16.2. The van der Waals surface area contributed by atoms with Gasteiger partial charge in [-0.05, 0) is 55.8 Å². The van der Waals surface area contributed by atoms with Crippen LogP contribution in [0.3, 0.4) is 0 Å². The molecule has 9 heteroatoms. The summed E-state index contributed by atoms with van der Waals surface area (Å²) in [5, 5.41) is 0.